The Morgan fingerprint density at radius 1 is 1.45 bits per heavy atom. The molecule has 0 radical (unpaired) electrons. The van der Waals surface area contributed by atoms with Crippen LogP contribution in [0.25, 0.3) is 0 Å². The van der Waals surface area contributed by atoms with Gasteiger partial charge in [-0.1, -0.05) is 6.92 Å². The summed E-state index contributed by atoms with van der Waals surface area (Å²) >= 11 is 0. The van der Waals surface area contributed by atoms with E-state index in [9.17, 15) is 4.79 Å². The number of piperidine rings is 2. The third-order valence-corrected chi connectivity index (χ3v) is 2.87. The molecule has 0 N–H and O–H groups in total. The molecule has 3 rings (SSSR count). The highest BCUT2D eigenvalue weighted by Crippen LogP contribution is 2.35. The summed E-state index contributed by atoms with van der Waals surface area (Å²) in [5.74, 6) is 1.37. The van der Waals surface area contributed by atoms with Crippen LogP contribution in [0.4, 0.5) is 0 Å². The quantitative estimate of drug-likeness (QED) is 0.588. The largest absolute Gasteiger partial charge is 0.302 e. The van der Waals surface area contributed by atoms with Crippen LogP contribution in [0.2, 0.25) is 0 Å². The van der Waals surface area contributed by atoms with Crippen LogP contribution in [-0.4, -0.2) is 30.3 Å². The van der Waals surface area contributed by atoms with Crippen LogP contribution in [-0.2, 0) is 4.79 Å². The van der Waals surface area contributed by atoms with Crippen molar-refractivity contribution in [3.05, 3.63) is 0 Å². The van der Waals surface area contributed by atoms with Crippen molar-refractivity contribution >= 4 is 5.78 Å². The molecule has 2 nitrogen and oxygen atoms in total. The van der Waals surface area contributed by atoms with Gasteiger partial charge >= 0.3 is 0 Å². The molecule has 62 valence electrons. The molecule has 0 amide bonds. The van der Waals surface area contributed by atoms with Crippen molar-refractivity contribution in [1.29, 1.82) is 0 Å². The first-order valence-corrected chi connectivity index (χ1v) is 4.57. The molecular weight excluding hydrogens is 138 g/mol. The van der Waals surface area contributed by atoms with Gasteiger partial charge in [0.05, 0.1) is 0 Å². The molecule has 1 aliphatic carbocycles. The number of fused-ring (bicyclic) bond motifs is 2. The van der Waals surface area contributed by atoms with Crippen molar-refractivity contribution in [2.24, 2.45) is 11.8 Å². The smallest absolute Gasteiger partial charge is 0.141 e. The summed E-state index contributed by atoms with van der Waals surface area (Å²) < 4.78 is 0. The Balaban J connectivity index is 1.89. The number of carbonyl (C=O) groups is 1. The molecule has 11 heavy (non-hydrogen) atoms. The van der Waals surface area contributed by atoms with Gasteiger partial charge in [-0.05, 0) is 19.4 Å². The van der Waals surface area contributed by atoms with E-state index in [-0.39, 0.29) is 0 Å². The minimum Gasteiger partial charge on any atom is -0.302 e. The van der Waals surface area contributed by atoms with Crippen molar-refractivity contribution in [3.63, 3.8) is 0 Å². The highest BCUT2D eigenvalue weighted by molar-refractivity contribution is 5.90. The van der Waals surface area contributed by atoms with Gasteiger partial charge in [-0.2, -0.15) is 0 Å². The number of hydrogen-bond acceptors (Lipinski definition) is 2. The summed E-state index contributed by atoms with van der Waals surface area (Å²) in [5.41, 5.74) is 0. The molecule has 2 bridgehead atoms. The normalized spacial score (nSPS) is 37.0. The molecule has 2 heteroatoms. The highest BCUT2D eigenvalue weighted by atomic mass is 16.1. The van der Waals surface area contributed by atoms with Gasteiger partial charge in [-0.3, -0.25) is 4.79 Å². The van der Waals surface area contributed by atoms with Crippen LogP contribution in [0.5, 0.6) is 0 Å². The summed E-state index contributed by atoms with van der Waals surface area (Å²) in [7, 11) is 0. The maximum absolute atomic E-state index is 11.2. The van der Waals surface area contributed by atoms with Gasteiger partial charge in [-0.25, -0.2) is 0 Å². The van der Waals surface area contributed by atoms with Crippen LogP contribution in [0.3, 0.4) is 0 Å². The zero-order valence-electron chi connectivity index (χ0n) is 7.05. The average Bonchev–Trinajstić information content (AvgIpc) is 2.05. The molecule has 0 aromatic carbocycles. The Morgan fingerprint density at radius 2 is 2.09 bits per heavy atom. The second-order valence-electron chi connectivity index (χ2n) is 3.79. The molecule has 2 aliphatic heterocycles. The zero-order chi connectivity index (χ0) is 7.84. The SMILES string of the molecule is CCCN1C[C@H]2C[C@H](C1)C2=O. The van der Waals surface area contributed by atoms with Gasteiger partial charge < -0.3 is 4.90 Å². The van der Waals surface area contributed by atoms with E-state index in [1.807, 2.05) is 0 Å². The molecule has 2 saturated heterocycles. The lowest BCUT2D eigenvalue weighted by Gasteiger charge is -2.45. The zero-order valence-corrected chi connectivity index (χ0v) is 7.05. The predicted octanol–water partition coefficient (Wildman–Crippen LogP) is 0.917. The van der Waals surface area contributed by atoms with E-state index in [1.54, 1.807) is 0 Å². The van der Waals surface area contributed by atoms with E-state index in [0.29, 0.717) is 17.6 Å². The predicted molar refractivity (Wildman–Crippen MR) is 43.3 cm³/mol. The molecule has 2 atom stereocenters. The fourth-order valence-electron chi connectivity index (χ4n) is 2.27. The standard InChI is InChI=1S/C9H15NO/c1-2-3-10-5-7-4-8(6-10)9(7)11/h7-8H,2-6H2,1H3/t7-,8-/m1/s1. The summed E-state index contributed by atoms with van der Waals surface area (Å²) in [4.78, 5) is 13.6. The van der Waals surface area contributed by atoms with Crippen LogP contribution >= 0.6 is 0 Å². The minimum atomic E-state index is 0.417. The molecule has 2 heterocycles. The first-order chi connectivity index (χ1) is 5.31. The van der Waals surface area contributed by atoms with Crippen molar-refractivity contribution < 1.29 is 4.79 Å². The topological polar surface area (TPSA) is 20.3 Å². The fourth-order valence-corrected chi connectivity index (χ4v) is 2.27. The second-order valence-corrected chi connectivity index (χ2v) is 3.79. The molecule has 3 aliphatic rings. The third kappa shape index (κ3) is 1.09. The molecule has 0 aromatic rings. The fraction of sp³-hybridized carbons (Fsp3) is 0.889. The molecule has 0 aromatic heterocycles. The van der Waals surface area contributed by atoms with E-state index in [2.05, 4.69) is 11.8 Å². The average molecular weight is 153 g/mol. The number of carbonyl (C=O) groups excluding carboxylic acids is 1. The minimum absolute atomic E-state index is 0.417. The van der Waals surface area contributed by atoms with Crippen molar-refractivity contribution in [1.82, 2.24) is 4.90 Å². The molecule has 0 unspecified atom stereocenters. The summed E-state index contributed by atoms with van der Waals surface area (Å²) in [6.07, 6.45) is 2.40. The second kappa shape index (κ2) is 2.59. The van der Waals surface area contributed by atoms with E-state index in [0.717, 1.165) is 13.1 Å². The number of nitrogens with zero attached hydrogens (tertiary/aromatic N) is 1. The molecule has 1 saturated carbocycles. The molecular formula is C9H15NO. The Kier molecular flexibility index (Phi) is 1.72. The number of Topliss-reactive ketones (excluding diaryl/α,β-unsaturated/α-hetero) is 1. The van der Waals surface area contributed by atoms with Gasteiger partial charge in [-0.15, -0.1) is 0 Å². The Labute approximate surface area is 67.6 Å². The van der Waals surface area contributed by atoms with E-state index >= 15 is 0 Å². The Bertz CT molecular complexity index is 164. The summed E-state index contributed by atoms with van der Waals surface area (Å²) in [6, 6.07) is 0. The van der Waals surface area contributed by atoms with Gasteiger partial charge in [0.1, 0.15) is 5.78 Å². The Hall–Kier alpha value is -0.370. The first-order valence-electron chi connectivity index (χ1n) is 4.57. The summed E-state index contributed by atoms with van der Waals surface area (Å²) in [6.45, 7) is 5.47. The summed E-state index contributed by atoms with van der Waals surface area (Å²) in [5, 5.41) is 0. The van der Waals surface area contributed by atoms with Crippen molar-refractivity contribution in [3.8, 4) is 0 Å². The van der Waals surface area contributed by atoms with Crippen LogP contribution in [0.1, 0.15) is 19.8 Å². The first kappa shape index (κ1) is 7.29. The van der Waals surface area contributed by atoms with Crippen LogP contribution < -0.4 is 0 Å². The van der Waals surface area contributed by atoms with E-state index < -0.39 is 0 Å². The van der Waals surface area contributed by atoms with E-state index in [4.69, 9.17) is 0 Å². The van der Waals surface area contributed by atoms with Gasteiger partial charge in [0.25, 0.3) is 0 Å². The molecule has 0 spiro atoms. The van der Waals surface area contributed by atoms with Crippen LogP contribution in [0.15, 0.2) is 0 Å². The lowest BCUT2D eigenvalue weighted by Crippen LogP contribution is -2.55. The lowest BCUT2D eigenvalue weighted by atomic mass is 9.70. The Morgan fingerprint density at radius 3 is 2.55 bits per heavy atom. The van der Waals surface area contributed by atoms with Crippen molar-refractivity contribution in [2.45, 2.75) is 19.8 Å². The van der Waals surface area contributed by atoms with Crippen molar-refractivity contribution in [2.75, 3.05) is 19.6 Å². The maximum Gasteiger partial charge on any atom is 0.141 e. The number of rotatable bonds is 2. The third-order valence-electron chi connectivity index (χ3n) is 2.87. The number of hydrogen-bond donors (Lipinski definition) is 0. The molecule has 3 fully saturated rings. The van der Waals surface area contributed by atoms with Gasteiger partial charge in [0.15, 0.2) is 0 Å². The van der Waals surface area contributed by atoms with Crippen LogP contribution in [0, 0.1) is 11.8 Å². The highest BCUT2D eigenvalue weighted by Gasteiger charge is 2.44. The maximum atomic E-state index is 11.2. The monoisotopic (exact) mass is 153 g/mol. The number of ketones is 1. The lowest BCUT2D eigenvalue weighted by molar-refractivity contribution is -0.143. The van der Waals surface area contributed by atoms with Gasteiger partial charge in [0.2, 0.25) is 0 Å². The van der Waals surface area contributed by atoms with E-state index in [1.165, 1.54) is 19.4 Å². The van der Waals surface area contributed by atoms with Gasteiger partial charge in [0, 0.05) is 24.9 Å².